The Bertz CT molecular complexity index is 3000. The molecule has 218 valence electrons. The Hall–Kier alpha value is -6.53. The molecule has 6 aromatic carbocycles. The van der Waals surface area contributed by atoms with Crippen LogP contribution in [0.1, 0.15) is 0 Å². The third-order valence-electron chi connectivity index (χ3n) is 9.69. The molecule has 47 heavy (non-hydrogen) atoms. The quantitative estimate of drug-likeness (QED) is 0.203. The van der Waals surface area contributed by atoms with E-state index in [2.05, 4.69) is 111 Å². The zero-order valence-electron chi connectivity index (χ0n) is 25.0. The molecule has 0 saturated heterocycles. The molecular formula is C41H24N6. The van der Waals surface area contributed by atoms with Crippen LogP contribution in [0.15, 0.2) is 146 Å². The van der Waals surface area contributed by atoms with E-state index < -0.39 is 0 Å². The Balaban J connectivity index is 1.16. The van der Waals surface area contributed by atoms with E-state index in [1.54, 1.807) is 0 Å². The monoisotopic (exact) mass is 600 g/mol. The lowest BCUT2D eigenvalue weighted by Gasteiger charge is -2.10. The highest BCUT2D eigenvalue weighted by molar-refractivity contribution is 6.26. The van der Waals surface area contributed by atoms with E-state index >= 15 is 0 Å². The predicted molar refractivity (Wildman–Crippen MR) is 191 cm³/mol. The van der Waals surface area contributed by atoms with E-state index in [0.29, 0.717) is 5.95 Å². The van der Waals surface area contributed by atoms with E-state index in [1.165, 1.54) is 48.9 Å². The summed E-state index contributed by atoms with van der Waals surface area (Å²) in [5.41, 5.74) is 9.75. The summed E-state index contributed by atoms with van der Waals surface area (Å²) in [6, 6.07) is 47.1. The van der Waals surface area contributed by atoms with Crippen LogP contribution in [0.4, 0.5) is 0 Å². The lowest BCUT2D eigenvalue weighted by molar-refractivity contribution is 0.983. The fourth-order valence-electron chi connectivity index (χ4n) is 7.72. The summed E-state index contributed by atoms with van der Waals surface area (Å²) in [5.74, 6) is 1.44. The van der Waals surface area contributed by atoms with Gasteiger partial charge < -0.3 is 4.40 Å². The van der Waals surface area contributed by atoms with Gasteiger partial charge in [0.2, 0.25) is 5.95 Å². The third kappa shape index (κ3) is 3.26. The summed E-state index contributed by atoms with van der Waals surface area (Å²) in [6.45, 7) is 0. The summed E-state index contributed by atoms with van der Waals surface area (Å²) in [4.78, 5) is 15.0. The van der Waals surface area contributed by atoms with Gasteiger partial charge >= 0.3 is 0 Å². The molecular weight excluding hydrogens is 576 g/mol. The van der Waals surface area contributed by atoms with Crippen molar-refractivity contribution >= 4 is 70.9 Å². The van der Waals surface area contributed by atoms with Gasteiger partial charge in [-0.2, -0.15) is 0 Å². The van der Waals surface area contributed by atoms with Gasteiger partial charge in [-0.15, -0.1) is 0 Å². The van der Waals surface area contributed by atoms with Crippen molar-refractivity contribution in [2.45, 2.75) is 0 Å². The van der Waals surface area contributed by atoms with E-state index in [1.807, 2.05) is 48.8 Å². The number of nitrogens with zero attached hydrogens (tertiary/aromatic N) is 6. The van der Waals surface area contributed by atoms with Crippen LogP contribution in [-0.2, 0) is 0 Å². The molecule has 0 aliphatic carbocycles. The molecule has 5 aromatic heterocycles. The molecule has 0 fully saturated rings. The van der Waals surface area contributed by atoms with Gasteiger partial charge in [-0.1, -0.05) is 84.9 Å². The van der Waals surface area contributed by atoms with Gasteiger partial charge in [0.25, 0.3) is 0 Å². The highest BCUT2D eigenvalue weighted by atomic mass is 15.2. The molecule has 0 amide bonds. The molecule has 0 spiro atoms. The minimum atomic E-state index is 0.628. The van der Waals surface area contributed by atoms with Crippen molar-refractivity contribution in [3.63, 3.8) is 0 Å². The van der Waals surface area contributed by atoms with E-state index in [9.17, 15) is 0 Å². The molecule has 5 heterocycles. The van der Waals surface area contributed by atoms with E-state index in [4.69, 9.17) is 15.0 Å². The number of fused-ring (bicyclic) bond motifs is 10. The van der Waals surface area contributed by atoms with Gasteiger partial charge in [-0.05, 0) is 48.5 Å². The summed E-state index contributed by atoms with van der Waals surface area (Å²) in [5, 5.41) is 7.40. The molecule has 0 N–H and O–H groups in total. The number of benzene rings is 6. The molecule has 6 nitrogen and oxygen atoms in total. The maximum absolute atomic E-state index is 5.02. The van der Waals surface area contributed by atoms with Crippen LogP contribution < -0.4 is 0 Å². The van der Waals surface area contributed by atoms with Crippen molar-refractivity contribution in [2.75, 3.05) is 0 Å². The second-order valence-corrected chi connectivity index (χ2v) is 12.2. The summed E-state index contributed by atoms with van der Waals surface area (Å²) < 4.78 is 6.81. The fraction of sp³-hybridized carbons (Fsp3) is 0. The van der Waals surface area contributed by atoms with Crippen molar-refractivity contribution in [2.24, 2.45) is 0 Å². The van der Waals surface area contributed by atoms with Crippen molar-refractivity contribution < 1.29 is 0 Å². The lowest BCUT2D eigenvalue weighted by atomic mass is 10.1. The number of aromatic nitrogens is 6. The van der Waals surface area contributed by atoms with Gasteiger partial charge in [0.15, 0.2) is 0 Å². The normalized spacial score (nSPS) is 12.3. The summed E-state index contributed by atoms with van der Waals surface area (Å²) >= 11 is 0. The Morgan fingerprint density at radius 3 is 1.83 bits per heavy atom. The topological polar surface area (TPSA) is 52.9 Å². The molecule has 0 bridgehead atoms. The maximum atomic E-state index is 5.02. The first-order chi connectivity index (χ1) is 23.3. The zero-order chi connectivity index (χ0) is 30.6. The minimum Gasteiger partial charge on any atom is -0.308 e. The number of rotatable bonds is 3. The molecule has 0 aliphatic heterocycles. The molecule has 0 radical (unpaired) electrons. The van der Waals surface area contributed by atoms with E-state index in [-0.39, 0.29) is 0 Å². The highest BCUT2D eigenvalue weighted by Crippen LogP contribution is 2.42. The van der Waals surface area contributed by atoms with Gasteiger partial charge in [0, 0.05) is 50.4 Å². The Morgan fingerprint density at radius 1 is 0.426 bits per heavy atom. The van der Waals surface area contributed by atoms with Crippen molar-refractivity contribution in [3.8, 4) is 23.0 Å². The Morgan fingerprint density at radius 2 is 1.02 bits per heavy atom. The first-order valence-corrected chi connectivity index (χ1v) is 15.8. The van der Waals surface area contributed by atoms with Crippen molar-refractivity contribution in [1.82, 2.24) is 28.5 Å². The van der Waals surface area contributed by atoms with Gasteiger partial charge in [0.1, 0.15) is 5.82 Å². The predicted octanol–water partition coefficient (Wildman–Crippen LogP) is 9.73. The van der Waals surface area contributed by atoms with E-state index in [0.717, 1.165) is 39.1 Å². The van der Waals surface area contributed by atoms with Gasteiger partial charge in [-0.25, -0.2) is 15.0 Å². The molecule has 0 unspecified atom stereocenters. The molecule has 0 atom stereocenters. The highest BCUT2D eigenvalue weighted by Gasteiger charge is 2.21. The fourth-order valence-corrected chi connectivity index (χ4v) is 7.72. The van der Waals surface area contributed by atoms with Crippen LogP contribution in [0.2, 0.25) is 0 Å². The summed E-state index contributed by atoms with van der Waals surface area (Å²) in [6.07, 6.45) is 3.80. The molecule has 11 aromatic rings. The molecule has 0 aliphatic rings. The van der Waals surface area contributed by atoms with Crippen LogP contribution in [0.25, 0.3) is 94.0 Å². The Labute approximate surface area is 267 Å². The zero-order valence-corrected chi connectivity index (χ0v) is 25.0. The Kier molecular flexibility index (Phi) is 4.75. The lowest BCUT2D eigenvalue weighted by Crippen LogP contribution is -2.02. The second-order valence-electron chi connectivity index (χ2n) is 12.2. The summed E-state index contributed by atoms with van der Waals surface area (Å²) in [7, 11) is 0. The van der Waals surface area contributed by atoms with Gasteiger partial charge in [-0.3, -0.25) is 9.13 Å². The molecule has 6 heteroatoms. The van der Waals surface area contributed by atoms with Crippen LogP contribution in [0.5, 0.6) is 0 Å². The van der Waals surface area contributed by atoms with Gasteiger partial charge in [0.05, 0.1) is 44.2 Å². The number of para-hydroxylation sites is 6. The number of hydrogen-bond donors (Lipinski definition) is 0. The molecule has 0 saturated carbocycles. The smallest absolute Gasteiger partial charge is 0.234 e. The van der Waals surface area contributed by atoms with Crippen LogP contribution in [-0.4, -0.2) is 28.5 Å². The second kappa shape index (κ2) is 9.02. The largest absolute Gasteiger partial charge is 0.308 e. The average molecular weight is 601 g/mol. The van der Waals surface area contributed by atoms with Crippen molar-refractivity contribution in [1.29, 1.82) is 0 Å². The number of imidazole rings is 1. The third-order valence-corrected chi connectivity index (χ3v) is 9.69. The average Bonchev–Trinajstić information content (AvgIpc) is 3.87. The van der Waals surface area contributed by atoms with Crippen molar-refractivity contribution in [3.05, 3.63) is 146 Å². The first kappa shape index (κ1) is 24.8. The van der Waals surface area contributed by atoms with Crippen LogP contribution in [0.3, 0.4) is 0 Å². The minimum absolute atomic E-state index is 0.628. The standard InChI is InChI=1S/C41H24N6/c1-2-11-26(12-3-1)45-36-20-9-6-17-33(36)44-40(45)25-23-42-41(43-24-25)47-35-19-8-5-14-28(35)31-21-37-32(22-38(31)47)30-16-10-15-29-27-13-4-7-18-34(27)46(37)39(29)30/h1-24H. The number of hydrogen-bond acceptors (Lipinski definition) is 3. The first-order valence-electron chi connectivity index (χ1n) is 15.8. The van der Waals surface area contributed by atoms with Crippen LogP contribution in [0, 0.1) is 0 Å². The SMILES string of the molecule is c1ccc(-n2c(-c3cnc(-n4c5ccccc5c5cc6c(cc54)c4cccc5c7ccccc7n6c54)nc3)nc3ccccc32)cc1. The van der Waals surface area contributed by atoms with Crippen LogP contribution >= 0.6 is 0 Å². The maximum Gasteiger partial charge on any atom is 0.234 e. The molecule has 11 rings (SSSR count).